The molecule has 4 aliphatic rings. The molecule has 4 aromatic rings. The largest absolute Gasteiger partial charge is 0.484 e. The van der Waals surface area contributed by atoms with Gasteiger partial charge in [-0.2, -0.15) is 0 Å². The Bertz CT molecular complexity index is 2060. The zero-order chi connectivity index (χ0) is 40.2. The molecule has 2 saturated heterocycles. The highest BCUT2D eigenvalue weighted by Crippen LogP contribution is 2.36. The third kappa shape index (κ3) is 9.37. The summed E-state index contributed by atoms with van der Waals surface area (Å²) < 4.78 is 64.1. The zero-order valence-electron chi connectivity index (χ0n) is 33.8. The highest BCUT2D eigenvalue weighted by molar-refractivity contribution is 5.46. The molecule has 13 nitrogen and oxygen atoms in total. The molecular formula is C43H53F2N7O6. The van der Waals surface area contributed by atoms with Gasteiger partial charge in [-0.15, -0.1) is 0 Å². The van der Waals surface area contributed by atoms with Crippen LogP contribution in [0.3, 0.4) is 0 Å². The first-order valence-electron chi connectivity index (χ1n) is 20.5. The highest BCUT2D eigenvalue weighted by atomic mass is 19.1. The van der Waals surface area contributed by atoms with Crippen molar-refractivity contribution in [3.05, 3.63) is 82.1 Å². The monoisotopic (exact) mass is 801 g/mol. The van der Waals surface area contributed by atoms with Crippen LogP contribution in [0, 0.1) is 18.6 Å². The fourth-order valence-electron chi connectivity index (χ4n) is 8.31. The summed E-state index contributed by atoms with van der Waals surface area (Å²) in [6.07, 6.45) is 5.00. The Hall–Kier alpha value is -4.86. The number of piperidine rings is 2. The Morgan fingerprint density at radius 3 is 1.84 bits per heavy atom. The Balaban J connectivity index is 0.815. The van der Waals surface area contributed by atoms with E-state index in [1.165, 1.54) is 12.1 Å². The number of halogens is 2. The van der Waals surface area contributed by atoms with Crippen LogP contribution in [0.4, 0.5) is 14.5 Å². The van der Waals surface area contributed by atoms with Crippen LogP contribution in [-0.4, -0.2) is 102 Å². The number of ether oxygens (including phenoxy) is 6. The number of rotatable bonds is 13. The fraction of sp³-hybridized carbons (Fsp3) is 0.535. The van der Waals surface area contributed by atoms with Gasteiger partial charge in [0.2, 0.25) is 5.88 Å². The van der Waals surface area contributed by atoms with Gasteiger partial charge in [0.1, 0.15) is 38.1 Å². The number of pyridine rings is 4. The van der Waals surface area contributed by atoms with Crippen LogP contribution in [0.2, 0.25) is 0 Å². The van der Waals surface area contributed by atoms with Crippen LogP contribution >= 0.6 is 0 Å². The maximum atomic E-state index is 15.0. The quantitative estimate of drug-likeness (QED) is 0.157. The second-order valence-corrected chi connectivity index (χ2v) is 15.6. The first-order chi connectivity index (χ1) is 28.2. The summed E-state index contributed by atoms with van der Waals surface area (Å²) in [4.78, 5) is 23.0. The van der Waals surface area contributed by atoms with Gasteiger partial charge in [-0.1, -0.05) is 0 Å². The molecule has 0 aromatic carbocycles. The predicted octanol–water partition coefficient (Wildman–Crippen LogP) is 6.57. The highest BCUT2D eigenvalue weighted by Gasteiger charge is 2.30. The van der Waals surface area contributed by atoms with E-state index in [9.17, 15) is 8.78 Å². The predicted molar refractivity (Wildman–Crippen MR) is 212 cm³/mol. The van der Waals surface area contributed by atoms with Crippen molar-refractivity contribution in [1.82, 2.24) is 29.7 Å². The van der Waals surface area contributed by atoms with Crippen molar-refractivity contribution >= 4 is 5.69 Å². The molecule has 8 heterocycles. The minimum Gasteiger partial charge on any atom is -0.484 e. The van der Waals surface area contributed by atoms with Crippen molar-refractivity contribution in [2.75, 3.05) is 65.0 Å². The minimum atomic E-state index is -0.376. The molecule has 2 atom stereocenters. The number of hydrogen-bond acceptors (Lipinski definition) is 13. The van der Waals surface area contributed by atoms with Crippen LogP contribution in [-0.2, 0) is 24.2 Å². The molecule has 0 aliphatic carbocycles. The lowest BCUT2D eigenvalue weighted by molar-refractivity contribution is -0.0106. The van der Waals surface area contributed by atoms with E-state index < -0.39 is 0 Å². The molecule has 310 valence electrons. The lowest BCUT2D eigenvalue weighted by Crippen LogP contribution is -2.40. The number of anilines is 1. The first-order valence-corrected chi connectivity index (χ1v) is 20.5. The van der Waals surface area contributed by atoms with Gasteiger partial charge in [0, 0.05) is 73.2 Å². The van der Waals surface area contributed by atoms with Gasteiger partial charge in [0.25, 0.3) is 11.8 Å². The lowest BCUT2D eigenvalue weighted by Gasteiger charge is -2.36. The van der Waals surface area contributed by atoms with E-state index >= 15 is 0 Å². The molecule has 0 amide bonds. The number of nitrogens with zero attached hydrogens (tertiary/aromatic N) is 6. The SMILES string of the molecule is COc1cc(COC2CCN(C(C)c3nc4c(cc3F)OCCO4)CC2)cc(CCc2cc(NC3CCN(C(C)c4nc5c(cc4F)OCCO5)CC3)cc(C)n2)n1. The Kier molecular flexibility index (Phi) is 12.4. The van der Waals surface area contributed by atoms with Gasteiger partial charge in [-0.3, -0.25) is 14.8 Å². The molecular weight excluding hydrogens is 749 g/mol. The molecule has 1 N–H and O–H groups in total. The minimum absolute atomic E-state index is 0.0851. The standard InChI is InChI=1S/C43H53F2N7O6/c1-26-19-33(47-30-7-11-51(12-8-30)27(2)40-35(44)23-37-42(49-40)56-17-15-54-37)22-32(46-26)6-5-31-20-29(21-39(48-31)53-4)25-58-34-9-13-52(14-10-34)28(3)41-36(45)24-38-43(50-41)57-18-16-55-38/h19-24,27-28,30,34H,5-18,25H2,1-4H3,(H,46,47). The van der Waals surface area contributed by atoms with Crippen molar-refractivity contribution in [3.63, 3.8) is 0 Å². The topological polar surface area (TPSA) is 125 Å². The zero-order valence-corrected chi connectivity index (χ0v) is 33.8. The van der Waals surface area contributed by atoms with Gasteiger partial charge < -0.3 is 33.7 Å². The molecule has 8 rings (SSSR count). The van der Waals surface area contributed by atoms with E-state index in [2.05, 4.69) is 43.3 Å². The number of fused-ring (bicyclic) bond motifs is 2. The van der Waals surface area contributed by atoms with Crippen LogP contribution in [0.5, 0.6) is 29.1 Å². The van der Waals surface area contributed by atoms with E-state index in [0.717, 1.165) is 86.6 Å². The third-order valence-corrected chi connectivity index (χ3v) is 11.5. The molecule has 0 saturated carbocycles. The van der Waals surface area contributed by atoms with Crippen molar-refractivity contribution in [2.45, 2.75) is 90.1 Å². The number of aryl methyl sites for hydroxylation is 3. The van der Waals surface area contributed by atoms with Gasteiger partial charge in [0.15, 0.2) is 11.5 Å². The summed E-state index contributed by atoms with van der Waals surface area (Å²) in [5.41, 5.74) is 5.68. The lowest BCUT2D eigenvalue weighted by atomic mass is 10.0. The molecule has 2 unspecified atom stereocenters. The van der Waals surface area contributed by atoms with Crippen molar-refractivity contribution in [2.24, 2.45) is 0 Å². The summed E-state index contributed by atoms with van der Waals surface area (Å²) in [5.74, 6) is 1.27. The number of nitrogens with one attached hydrogen (secondary N) is 1. The summed E-state index contributed by atoms with van der Waals surface area (Å²) in [7, 11) is 1.63. The van der Waals surface area contributed by atoms with Crippen molar-refractivity contribution in [3.8, 4) is 29.1 Å². The molecule has 4 aromatic heterocycles. The number of aromatic nitrogens is 4. The van der Waals surface area contributed by atoms with Crippen LogP contribution in [0.1, 0.15) is 85.6 Å². The van der Waals surface area contributed by atoms with E-state index in [0.29, 0.717) is 80.0 Å². The van der Waals surface area contributed by atoms with Crippen LogP contribution in [0.15, 0.2) is 36.4 Å². The maximum absolute atomic E-state index is 15.0. The molecule has 2 fully saturated rings. The summed E-state index contributed by atoms with van der Waals surface area (Å²) in [6, 6.07) is 10.9. The van der Waals surface area contributed by atoms with Gasteiger partial charge >= 0.3 is 0 Å². The van der Waals surface area contributed by atoms with E-state index in [4.69, 9.17) is 38.4 Å². The Morgan fingerprint density at radius 2 is 1.26 bits per heavy atom. The molecule has 58 heavy (non-hydrogen) atoms. The molecule has 0 bridgehead atoms. The number of methoxy groups -OCH3 is 1. The average molecular weight is 802 g/mol. The molecule has 15 heteroatoms. The maximum Gasteiger partial charge on any atom is 0.257 e. The second-order valence-electron chi connectivity index (χ2n) is 15.6. The van der Waals surface area contributed by atoms with Gasteiger partial charge in [0.05, 0.1) is 43.3 Å². The van der Waals surface area contributed by atoms with Gasteiger partial charge in [-0.25, -0.2) is 23.7 Å². The van der Waals surface area contributed by atoms with Crippen LogP contribution in [0.25, 0.3) is 0 Å². The summed E-state index contributed by atoms with van der Waals surface area (Å²) in [5, 5.41) is 3.74. The number of likely N-dealkylation sites (tertiary alicyclic amines) is 2. The van der Waals surface area contributed by atoms with Gasteiger partial charge in [-0.05, 0) is 83.1 Å². The Labute approximate surface area is 338 Å². The smallest absolute Gasteiger partial charge is 0.257 e. The second kappa shape index (κ2) is 18.0. The molecule has 0 spiro atoms. The van der Waals surface area contributed by atoms with E-state index in [1.807, 2.05) is 26.8 Å². The number of hydrogen-bond donors (Lipinski definition) is 1. The van der Waals surface area contributed by atoms with Crippen LogP contribution < -0.4 is 29.0 Å². The normalized spacial score (nSPS) is 18.8. The first kappa shape index (κ1) is 39.9. The van der Waals surface area contributed by atoms with Crippen molar-refractivity contribution < 1.29 is 37.2 Å². The van der Waals surface area contributed by atoms with E-state index in [-0.39, 0.29) is 35.9 Å². The van der Waals surface area contributed by atoms with Crippen molar-refractivity contribution in [1.29, 1.82) is 0 Å². The van der Waals surface area contributed by atoms with E-state index in [1.54, 1.807) is 7.11 Å². The summed E-state index contributed by atoms with van der Waals surface area (Å²) >= 11 is 0. The molecule has 4 aliphatic heterocycles. The Morgan fingerprint density at radius 1 is 0.707 bits per heavy atom. The molecule has 0 radical (unpaired) electrons. The average Bonchev–Trinajstić information content (AvgIpc) is 3.24. The summed E-state index contributed by atoms with van der Waals surface area (Å²) in [6.45, 7) is 11.2. The fourth-order valence-corrected chi connectivity index (χ4v) is 8.31. The third-order valence-electron chi connectivity index (χ3n) is 11.5.